The SMILES string of the molecule is Cc1cc(CCCc2cc(C)c(O)c(Br)c2)cc(Br)c1O. The lowest BCUT2D eigenvalue weighted by Crippen LogP contribution is -1.93. The molecule has 0 radical (unpaired) electrons. The van der Waals surface area contributed by atoms with Gasteiger partial charge >= 0.3 is 0 Å². The van der Waals surface area contributed by atoms with Gasteiger partial charge in [0.15, 0.2) is 0 Å². The molecule has 112 valence electrons. The third kappa shape index (κ3) is 4.01. The fraction of sp³-hybridized carbons (Fsp3) is 0.294. The molecule has 0 unspecified atom stereocenters. The van der Waals surface area contributed by atoms with Crippen molar-refractivity contribution in [2.75, 3.05) is 0 Å². The van der Waals surface area contributed by atoms with Crippen LogP contribution in [0.1, 0.15) is 28.7 Å². The molecule has 2 rings (SSSR count). The van der Waals surface area contributed by atoms with Crippen molar-refractivity contribution in [2.24, 2.45) is 0 Å². The average molecular weight is 414 g/mol. The summed E-state index contributed by atoms with van der Waals surface area (Å²) in [6.45, 7) is 3.81. The Balaban J connectivity index is 2.02. The van der Waals surface area contributed by atoms with Crippen molar-refractivity contribution in [2.45, 2.75) is 33.1 Å². The molecular weight excluding hydrogens is 396 g/mol. The van der Waals surface area contributed by atoms with Gasteiger partial charge in [-0.3, -0.25) is 0 Å². The van der Waals surface area contributed by atoms with Gasteiger partial charge in [-0.2, -0.15) is 0 Å². The minimum Gasteiger partial charge on any atom is -0.506 e. The molecule has 0 bridgehead atoms. The van der Waals surface area contributed by atoms with Gasteiger partial charge in [0, 0.05) is 0 Å². The van der Waals surface area contributed by atoms with Crippen LogP contribution in [0.15, 0.2) is 33.2 Å². The van der Waals surface area contributed by atoms with Gasteiger partial charge in [-0.05, 0) is 99.4 Å². The van der Waals surface area contributed by atoms with Gasteiger partial charge in [0.25, 0.3) is 0 Å². The Bertz CT molecular complexity index is 562. The Morgan fingerprint density at radius 1 is 0.762 bits per heavy atom. The van der Waals surface area contributed by atoms with Gasteiger partial charge in [-0.15, -0.1) is 0 Å². The summed E-state index contributed by atoms with van der Waals surface area (Å²) in [4.78, 5) is 0. The van der Waals surface area contributed by atoms with Crippen molar-refractivity contribution in [3.05, 3.63) is 55.5 Å². The first kappa shape index (κ1) is 16.4. The monoisotopic (exact) mass is 412 g/mol. The summed E-state index contributed by atoms with van der Waals surface area (Å²) >= 11 is 6.75. The van der Waals surface area contributed by atoms with Crippen molar-refractivity contribution in [1.82, 2.24) is 0 Å². The fourth-order valence-electron chi connectivity index (χ4n) is 2.40. The topological polar surface area (TPSA) is 40.5 Å². The van der Waals surface area contributed by atoms with Crippen LogP contribution in [-0.4, -0.2) is 10.2 Å². The molecule has 21 heavy (non-hydrogen) atoms. The fourth-order valence-corrected chi connectivity index (χ4v) is 3.61. The van der Waals surface area contributed by atoms with Gasteiger partial charge in [0.1, 0.15) is 11.5 Å². The second-order valence-electron chi connectivity index (χ2n) is 5.34. The third-order valence-electron chi connectivity index (χ3n) is 3.56. The quantitative estimate of drug-likeness (QED) is 0.702. The molecule has 0 heterocycles. The van der Waals surface area contributed by atoms with E-state index < -0.39 is 0 Å². The molecule has 2 aromatic rings. The van der Waals surface area contributed by atoms with E-state index >= 15 is 0 Å². The molecule has 2 aromatic carbocycles. The highest BCUT2D eigenvalue weighted by atomic mass is 79.9. The third-order valence-corrected chi connectivity index (χ3v) is 4.77. The van der Waals surface area contributed by atoms with E-state index in [-0.39, 0.29) is 0 Å². The highest BCUT2D eigenvalue weighted by molar-refractivity contribution is 9.10. The van der Waals surface area contributed by atoms with Crippen molar-refractivity contribution in [1.29, 1.82) is 0 Å². The number of halogens is 2. The highest BCUT2D eigenvalue weighted by Crippen LogP contribution is 2.31. The largest absolute Gasteiger partial charge is 0.506 e. The maximum absolute atomic E-state index is 9.75. The molecule has 2 N–H and O–H groups in total. The zero-order chi connectivity index (χ0) is 15.6. The number of phenols is 2. The highest BCUT2D eigenvalue weighted by Gasteiger charge is 2.07. The van der Waals surface area contributed by atoms with Crippen LogP contribution in [0.3, 0.4) is 0 Å². The number of hydrogen-bond donors (Lipinski definition) is 2. The second-order valence-corrected chi connectivity index (χ2v) is 7.05. The maximum atomic E-state index is 9.75. The molecule has 4 heteroatoms. The van der Waals surface area contributed by atoms with Crippen LogP contribution in [0.2, 0.25) is 0 Å². The molecule has 0 spiro atoms. The number of aromatic hydroxyl groups is 2. The van der Waals surface area contributed by atoms with E-state index in [0.717, 1.165) is 39.3 Å². The van der Waals surface area contributed by atoms with Crippen LogP contribution < -0.4 is 0 Å². The first-order valence-electron chi connectivity index (χ1n) is 6.84. The number of benzene rings is 2. The summed E-state index contributed by atoms with van der Waals surface area (Å²) in [5.74, 6) is 0.633. The van der Waals surface area contributed by atoms with Crippen LogP contribution in [0, 0.1) is 13.8 Å². The first-order chi connectivity index (χ1) is 9.88. The van der Waals surface area contributed by atoms with Gasteiger partial charge in [0.2, 0.25) is 0 Å². The molecule has 0 saturated heterocycles. The van der Waals surface area contributed by atoms with Crippen molar-refractivity contribution in [3.8, 4) is 11.5 Å². The van der Waals surface area contributed by atoms with E-state index in [4.69, 9.17) is 0 Å². The molecule has 0 aromatic heterocycles. The van der Waals surface area contributed by atoms with Gasteiger partial charge in [0.05, 0.1) is 8.95 Å². The number of phenolic OH excluding ortho intramolecular Hbond substituents is 2. The second kappa shape index (κ2) is 6.84. The Hall–Kier alpha value is -1.00. The molecule has 2 nitrogen and oxygen atoms in total. The van der Waals surface area contributed by atoms with Crippen LogP contribution >= 0.6 is 31.9 Å². The zero-order valence-corrected chi connectivity index (χ0v) is 15.3. The first-order valence-corrected chi connectivity index (χ1v) is 8.43. The number of aryl methyl sites for hydroxylation is 4. The van der Waals surface area contributed by atoms with Crippen LogP contribution in [0.4, 0.5) is 0 Å². The standard InChI is InChI=1S/C17H18Br2O2/c1-10-6-12(8-14(18)16(10)20)4-3-5-13-7-11(2)17(21)15(19)9-13/h6-9,20-21H,3-5H2,1-2H3. The Kier molecular flexibility index (Phi) is 5.33. The molecule has 0 atom stereocenters. The summed E-state index contributed by atoms with van der Waals surface area (Å²) < 4.78 is 1.50. The van der Waals surface area contributed by atoms with E-state index in [1.165, 1.54) is 11.1 Å². The molecule has 0 aliphatic rings. The number of hydrogen-bond acceptors (Lipinski definition) is 2. The van der Waals surface area contributed by atoms with E-state index in [1.807, 2.05) is 38.1 Å². The van der Waals surface area contributed by atoms with E-state index in [1.54, 1.807) is 0 Å². The molecule has 0 amide bonds. The zero-order valence-electron chi connectivity index (χ0n) is 12.1. The summed E-state index contributed by atoms with van der Waals surface area (Å²) in [5, 5.41) is 19.5. The molecule has 0 aliphatic heterocycles. The lowest BCUT2D eigenvalue weighted by molar-refractivity contribution is 0.467. The molecular formula is C17H18Br2O2. The Morgan fingerprint density at radius 2 is 1.14 bits per heavy atom. The maximum Gasteiger partial charge on any atom is 0.132 e. The normalized spacial score (nSPS) is 10.9. The predicted molar refractivity (Wildman–Crippen MR) is 93.1 cm³/mol. The van der Waals surface area contributed by atoms with Gasteiger partial charge < -0.3 is 10.2 Å². The minimum absolute atomic E-state index is 0.317. The lowest BCUT2D eigenvalue weighted by Gasteiger charge is -2.09. The van der Waals surface area contributed by atoms with Crippen LogP contribution in [0.5, 0.6) is 11.5 Å². The van der Waals surface area contributed by atoms with Crippen LogP contribution in [0.25, 0.3) is 0 Å². The van der Waals surface area contributed by atoms with Crippen molar-refractivity contribution >= 4 is 31.9 Å². The summed E-state index contributed by atoms with van der Waals surface area (Å²) in [6, 6.07) is 8.00. The van der Waals surface area contributed by atoms with E-state index in [9.17, 15) is 10.2 Å². The smallest absolute Gasteiger partial charge is 0.132 e. The summed E-state index contributed by atoms with van der Waals surface area (Å²) in [7, 11) is 0. The van der Waals surface area contributed by atoms with Crippen molar-refractivity contribution in [3.63, 3.8) is 0 Å². The van der Waals surface area contributed by atoms with Gasteiger partial charge in [-0.1, -0.05) is 12.1 Å². The van der Waals surface area contributed by atoms with Crippen LogP contribution in [-0.2, 0) is 12.8 Å². The minimum atomic E-state index is 0.317. The molecule has 0 aliphatic carbocycles. The van der Waals surface area contributed by atoms with E-state index in [0.29, 0.717) is 11.5 Å². The number of rotatable bonds is 4. The summed E-state index contributed by atoms with van der Waals surface area (Å²) in [6.07, 6.45) is 2.93. The van der Waals surface area contributed by atoms with E-state index in [2.05, 4.69) is 31.9 Å². The Labute approximate surface area is 142 Å². The summed E-state index contributed by atoms with van der Waals surface area (Å²) in [5.41, 5.74) is 4.21. The average Bonchev–Trinajstić information content (AvgIpc) is 2.42. The Morgan fingerprint density at radius 3 is 1.48 bits per heavy atom. The molecule has 0 saturated carbocycles. The predicted octanol–water partition coefficient (Wildman–Crippen LogP) is 5.41. The lowest BCUT2D eigenvalue weighted by atomic mass is 10.0. The molecule has 0 fully saturated rings. The van der Waals surface area contributed by atoms with Crippen molar-refractivity contribution < 1.29 is 10.2 Å². The van der Waals surface area contributed by atoms with Gasteiger partial charge in [-0.25, -0.2) is 0 Å².